The highest BCUT2D eigenvalue weighted by Crippen LogP contribution is 2.34. The van der Waals surface area contributed by atoms with Crippen LogP contribution in [-0.4, -0.2) is 34.6 Å². The zero-order valence-electron chi connectivity index (χ0n) is 12.4. The number of hydrogen-bond donors (Lipinski definition) is 1. The highest BCUT2D eigenvalue weighted by Gasteiger charge is 2.34. The Morgan fingerprint density at radius 3 is 3.14 bits per heavy atom. The number of furan rings is 1. The number of carbonyl (C=O) groups excluding carboxylic acids is 1. The molecule has 0 radical (unpaired) electrons. The van der Waals surface area contributed by atoms with Crippen LogP contribution in [0.2, 0.25) is 0 Å². The van der Waals surface area contributed by atoms with Gasteiger partial charge in [-0.05, 0) is 37.1 Å². The molecule has 1 saturated heterocycles. The molecule has 2 aromatic heterocycles. The summed E-state index contributed by atoms with van der Waals surface area (Å²) in [5, 5.41) is 9.82. The van der Waals surface area contributed by atoms with E-state index in [0.717, 1.165) is 24.4 Å². The number of likely N-dealkylation sites (tertiary alicyclic amines) is 1. The third-order valence-corrected chi connectivity index (χ3v) is 3.80. The third kappa shape index (κ3) is 2.69. The lowest BCUT2D eigenvalue weighted by molar-refractivity contribution is 0.0706. The molecule has 3 rings (SSSR count). The molecule has 1 aliphatic rings. The lowest BCUT2D eigenvalue weighted by Gasteiger charge is -2.23. The van der Waals surface area contributed by atoms with Gasteiger partial charge in [0.2, 0.25) is 0 Å². The summed E-state index contributed by atoms with van der Waals surface area (Å²) in [5.74, 6) is 1.11. The smallest absolute Gasteiger partial charge is 0.276 e. The SMILES string of the molecule is COCc1ccc([C@@H]2CCCN2C(=O)c2ncccc2O)o1. The van der Waals surface area contributed by atoms with Gasteiger partial charge in [-0.3, -0.25) is 4.79 Å². The molecule has 22 heavy (non-hydrogen) atoms. The fourth-order valence-corrected chi connectivity index (χ4v) is 2.80. The molecule has 1 aliphatic heterocycles. The molecule has 0 saturated carbocycles. The van der Waals surface area contributed by atoms with E-state index >= 15 is 0 Å². The zero-order valence-corrected chi connectivity index (χ0v) is 12.4. The number of amides is 1. The summed E-state index contributed by atoms with van der Waals surface area (Å²) in [7, 11) is 1.61. The Kier molecular flexibility index (Phi) is 4.11. The lowest BCUT2D eigenvalue weighted by atomic mass is 10.1. The molecule has 0 bridgehead atoms. The standard InChI is InChI=1S/C16H18N2O4/c1-21-10-11-6-7-14(22-11)12-4-3-9-18(12)16(20)15-13(19)5-2-8-17-15/h2,5-8,12,19H,3-4,9-10H2,1H3/t12-/m0/s1. The van der Waals surface area contributed by atoms with Crippen LogP contribution in [0.1, 0.15) is 40.9 Å². The first-order chi connectivity index (χ1) is 10.7. The number of ether oxygens (including phenoxy) is 1. The van der Waals surface area contributed by atoms with Crippen molar-refractivity contribution in [1.29, 1.82) is 0 Å². The van der Waals surface area contributed by atoms with Gasteiger partial charge in [0.15, 0.2) is 5.69 Å². The predicted octanol–water partition coefficient (Wildman–Crippen LogP) is 2.50. The molecule has 6 nitrogen and oxygen atoms in total. The van der Waals surface area contributed by atoms with Crippen LogP contribution < -0.4 is 0 Å². The van der Waals surface area contributed by atoms with E-state index in [1.165, 1.54) is 12.3 Å². The van der Waals surface area contributed by atoms with Crippen LogP contribution in [0, 0.1) is 0 Å². The van der Waals surface area contributed by atoms with Gasteiger partial charge >= 0.3 is 0 Å². The van der Waals surface area contributed by atoms with Gasteiger partial charge in [0.25, 0.3) is 5.91 Å². The van der Waals surface area contributed by atoms with Crippen molar-refractivity contribution in [3.8, 4) is 5.75 Å². The molecule has 0 spiro atoms. The van der Waals surface area contributed by atoms with Crippen LogP contribution in [0.15, 0.2) is 34.9 Å². The third-order valence-electron chi connectivity index (χ3n) is 3.80. The molecule has 3 heterocycles. The highest BCUT2D eigenvalue weighted by atomic mass is 16.5. The van der Waals surface area contributed by atoms with Gasteiger partial charge < -0.3 is 19.2 Å². The van der Waals surface area contributed by atoms with E-state index in [2.05, 4.69) is 4.98 Å². The summed E-state index contributed by atoms with van der Waals surface area (Å²) in [5.41, 5.74) is 0.0815. The van der Waals surface area contributed by atoms with Crippen LogP contribution >= 0.6 is 0 Å². The fraction of sp³-hybridized carbons (Fsp3) is 0.375. The Hall–Kier alpha value is -2.34. The first-order valence-corrected chi connectivity index (χ1v) is 7.23. The average molecular weight is 302 g/mol. The highest BCUT2D eigenvalue weighted by molar-refractivity contribution is 5.95. The first kappa shape index (κ1) is 14.6. The zero-order chi connectivity index (χ0) is 15.5. The molecule has 0 unspecified atom stereocenters. The van der Waals surface area contributed by atoms with Gasteiger partial charge in [0.05, 0.1) is 6.04 Å². The molecule has 116 valence electrons. The van der Waals surface area contributed by atoms with Crippen molar-refractivity contribution in [1.82, 2.24) is 9.88 Å². The van der Waals surface area contributed by atoms with Gasteiger partial charge in [0.1, 0.15) is 23.9 Å². The van der Waals surface area contributed by atoms with Crippen LogP contribution in [0.3, 0.4) is 0 Å². The number of methoxy groups -OCH3 is 1. The number of aromatic hydroxyl groups is 1. The Bertz CT molecular complexity index is 668. The minimum Gasteiger partial charge on any atom is -0.505 e. The van der Waals surface area contributed by atoms with Crippen molar-refractivity contribution < 1.29 is 19.1 Å². The second-order valence-electron chi connectivity index (χ2n) is 5.26. The van der Waals surface area contributed by atoms with Crippen molar-refractivity contribution in [2.45, 2.75) is 25.5 Å². The van der Waals surface area contributed by atoms with Gasteiger partial charge in [-0.1, -0.05) is 0 Å². The first-order valence-electron chi connectivity index (χ1n) is 7.23. The van der Waals surface area contributed by atoms with Gasteiger partial charge in [-0.25, -0.2) is 4.98 Å². The molecule has 1 atom stereocenters. The van der Waals surface area contributed by atoms with E-state index in [4.69, 9.17) is 9.15 Å². The summed E-state index contributed by atoms with van der Waals surface area (Å²) in [6, 6.07) is 6.67. The number of pyridine rings is 1. The van der Waals surface area contributed by atoms with Gasteiger partial charge in [-0.15, -0.1) is 0 Å². The molecular weight excluding hydrogens is 284 g/mol. The second-order valence-corrected chi connectivity index (χ2v) is 5.26. The summed E-state index contributed by atoms with van der Waals surface area (Å²) < 4.78 is 10.8. The van der Waals surface area contributed by atoms with Crippen LogP contribution in [-0.2, 0) is 11.3 Å². The summed E-state index contributed by atoms with van der Waals surface area (Å²) in [4.78, 5) is 18.3. The van der Waals surface area contributed by atoms with Crippen LogP contribution in [0.25, 0.3) is 0 Å². The minimum atomic E-state index is -0.273. The van der Waals surface area contributed by atoms with Crippen molar-refractivity contribution in [3.05, 3.63) is 47.7 Å². The molecule has 6 heteroatoms. The van der Waals surface area contributed by atoms with Crippen LogP contribution in [0.4, 0.5) is 0 Å². The Morgan fingerprint density at radius 2 is 2.36 bits per heavy atom. The largest absolute Gasteiger partial charge is 0.505 e. The number of nitrogens with zero attached hydrogens (tertiary/aromatic N) is 2. The Balaban J connectivity index is 1.83. The number of carbonyl (C=O) groups is 1. The average Bonchev–Trinajstić information content (AvgIpc) is 3.16. The van der Waals surface area contributed by atoms with E-state index in [0.29, 0.717) is 13.2 Å². The number of aromatic nitrogens is 1. The Morgan fingerprint density at radius 1 is 1.50 bits per heavy atom. The molecule has 0 aromatic carbocycles. The van der Waals surface area contributed by atoms with E-state index < -0.39 is 0 Å². The fourth-order valence-electron chi connectivity index (χ4n) is 2.80. The lowest BCUT2D eigenvalue weighted by Crippen LogP contribution is -2.31. The van der Waals surface area contributed by atoms with Gasteiger partial charge in [0, 0.05) is 19.9 Å². The van der Waals surface area contributed by atoms with Gasteiger partial charge in [-0.2, -0.15) is 0 Å². The number of rotatable bonds is 4. The predicted molar refractivity (Wildman–Crippen MR) is 78.3 cm³/mol. The molecule has 2 aromatic rings. The molecule has 0 aliphatic carbocycles. The minimum absolute atomic E-state index is 0.0815. The van der Waals surface area contributed by atoms with Crippen molar-refractivity contribution in [2.75, 3.05) is 13.7 Å². The maximum Gasteiger partial charge on any atom is 0.276 e. The summed E-state index contributed by atoms with van der Waals surface area (Å²) >= 11 is 0. The second kappa shape index (κ2) is 6.19. The maximum absolute atomic E-state index is 12.6. The molecule has 1 fully saturated rings. The number of hydrogen-bond acceptors (Lipinski definition) is 5. The Labute approximate surface area is 128 Å². The molecule has 1 N–H and O–H groups in total. The van der Waals surface area contributed by atoms with E-state index in [-0.39, 0.29) is 23.4 Å². The quantitative estimate of drug-likeness (QED) is 0.939. The van der Waals surface area contributed by atoms with Crippen molar-refractivity contribution >= 4 is 5.91 Å². The van der Waals surface area contributed by atoms with Crippen molar-refractivity contribution in [3.63, 3.8) is 0 Å². The monoisotopic (exact) mass is 302 g/mol. The maximum atomic E-state index is 12.6. The summed E-state index contributed by atoms with van der Waals surface area (Å²) in [6.07, 6.45) is 3.23. The van der Waals surface area contributed by atoms with E-state index in [1.807, 2.05) is 12.1 Å². The normalized spacial score (nSPS) is 17.9. The topological polar surface area (TPSA) is 75.8 Å². The molecule has 1 amide bonds. The molecular formula is C16H18N2O4. The van der Waals surface area contributed by atoms with Crippen LogP contribution in [0.5, 0.6) is 5.75 Å². The van der Waals surface area contributed by atoms with E-state index in [9.17, 15) is 9.90 Å². The van der Waals surface area contributed by atoms with E-state index in [1.54, 1.807) is 18.1 Å². The summed E-state index contributed by atoms with van der Waals surface area (Å²) in [6.45, 7) is 1.03. The van der Waals surface area contributed by atoms with Crippen molar-refractivity contribution in [2.24, 2.45) is 0 Å².